The van der Waals surface area contributed by atoms with Crippen LogP contribution in [0.15, 0.2) is 18.2 Å². The van der Waals surface area contributed by atoms with Crippen molar-refractivity contribution in [2.75, 3.05) is 13.2 Å². The van der Waals surface area contributed by atoms with Gasteiger partial charge in [0.25, 0.3) is 0 Å². The standard InChI is InChI=1S/C15H25NO2.ClH/c1-11-6-7-14(8-12(11)2)18-10-13(17)9-16-15(3,4)5;/h6-8,13,16-17H,9-10H2,1-5H3;1H/p-1. The van der Waals surface area contributed by atoms with Crippen molar-refractivity contribution in [2.45, 2.75) is 46.3 Å². The van der Waals surface area contributed by atoms with Crippen LogP contribution >= 0.6 is 0 Å². The Bertz CT molecular complexity index is 388. The van der Waals surface area contributed by atoms with Crippen LogP contribution in [0, 0.1) is 13.8 Å². The van der Waals surface area contributed by atoms with E-state index in [0.717, 1.165) is 5.75 Å². The summed E-state index contributed by atoms with van der Waals surface area (Å²) in [5, 5.41) is 13.1. The molecule has 0 saturated heterocycles. The van der Waals surface area contributed by atoms with Crippen molar-refractivity contribution in [3.8, 4) is 5.75 Å². The molecule has 19 heavy (non-hydrogen) atoms. The minimum atomic E-state index is -0.495. The van der Waals surface area contributed by atoms with Crippen LogP contribution in [0.2, 0.25) is 0 Å². The molecule has 4 heteroatoms. The van der Waals surface area contributed by atoms with E-state index in [2.05, 4.69) is 39.9 Å². The van der Waals surface area contributed by atoms with E-state index in [1.165, 1.54) is 11.1 Å². The Morgan fingerprint density at radius 2 is 1.84 bits per heavy atom. The molecule has 3 nitrogen and oxygen atoms in total. The van der Waals surface area contributed by atoms with Gasteiger partial charge in [-0.1, -0.05) is 6.07 Å². The van der Waals surface area contributed by atoms with Crippen molar-refractivity contribution in [2.24, 2.45) is 0 Å². The lowest BCUT2D eigenvalue weighted by Crippen LogP contribution is -3.00. The van der Waals surface area contributed by atoms with Crippen LogP contribution in [0.3, 0.4) is 0 Å². The number of aryl methyl sites for hydroxylation is 2. The molecule has 1 atom stereocenters. The summed E-state index contributed by atoms with van der Waals surface area (Å²) in [6.45, 7) is 11.2. The van der Waals surface area contributed by atoms with Crippen LogP contribution in [-0.4, -0.2) is 29.9 Å². The highest BCUT2D eigenvalue weighted by atomic mass is 35.5. The second-order valence-corrected chi connectivity index (χ2v) is 5.84. The number of aliphatic hydroxyl groups is 1. The Hall–Kier alpha value is -0.770. The van der Waals surface area contributed by atoms with Gasteiger partial charge in [0, 0.05) is 12.1 Å². The summed E-state index contributed by atoms with van der Waals surface area (Å²) in [4.78, 5) is 0. The van der Waals surface area contributed by atoms with E-state index in [9.17, 15) is 5.11 Å². The molecule has 0 fully saturated rings. The molecular formula is C15H25ClNO2-. The van der Waals surface area contributed by atoms with Crippen molar-refractivity contribution in [1.82, 2.24) is 5.32 Å². The highest BCUT2D eigenvalue weighted by Gasteiger charge is 2.12. The molecule has 1 aromatic rings. The van der Waals surface area contributed by atoms with Gasteiger partial charge in [-0.3, -0.25) is 0 Å². The highest BCUT2D eigenvalue weighted by Crippen LogP contribution is 2.16. The number of halogens is 1. The Morgan fingerprint density at radius 3 is 2.37 bits per heavy atom. The highest BCUT2D eigenvalue weighted by molar-refractivity contribution is 5.33. The molecule has 1 rings (SSSR count). The minimum Gasteiger partial charge on any atom is -1.00 e. The number of aliphatic hydroxyl groups excluding tert-OH is 1. The molecule has 2 N–H and O–H groups in total. The molecule has 0 amide bonds. The third kappa shape index (κ3) is 7.41. The van der Waals surface area contributed by atoms with E-state index < -0.39 is 6.10 Å². The monoisotopic (exact) mass is 286 g/mol. The summed E-state index contributed by atoms with van der Waals surface area (Å²) in [6, 6.07) is 5.97. The maximum Gasteiger partial charge on any atom is 0.119 e. The van der Waals surface area contributed by atoms with E-state index in [1.54, 1.807) is 0 Å². The molecule has 0 radical (unpaired) electrons. The van der Waals surface area contributed by atoms with Crippen LogP contribution in [0.1, 0.15) is 31.9 Å². The molecular weight excluding hydrogens is 262 g/mol. The summed E-state index contributed by atoms with van der Waals surface area (Å²) in [5.41, 5.74) is 2.47. The predicted octanol–water partition coefficient (Wildman–Crippen LogP) is -0.565. The molecule has 110 valence electrons. The summed E-state index contributed by atoms with van der Waals surface area (Å²) < 4.78 is 5.58. The number of ether oxygens (including phenoxy) is 1. The zero-order valence-corrected chi connectivity index (χ0v) is 13.2. The van der Waals surface area contributed by atoms with E-state index in [4.69, 9.17) is 4.74 Å². The van der Waals surface area contributed by atoms with Crippen molar-refractivity contribution in [3.63, 3.8) is 0 Å². The first kappa shape index (κ1) is 18.2. The summed E-state index contributed by atoms with van der Waals surface area (Å²) in [5.74, 6) is 0.813. The first-order chi connectivity index (χ1) is 8.28. The van der Waals surface area contributed by atoms with Gasteiger partial charge >= 0.3 is 0 Å². The SMILES string of the molecule is Cc1ccc(OCC(O)CNC(C)(C)C)cc1C.[Cl-]. The summed E-state index contributed by atoms with van der Waals surface area (Å²) in [6.07, 6.45) is -0.495. The maximum absolute atomic E-state index is 9.81. The second-order valence-electron chi connectivity index (χ2n) is 5.84. The average Bonchev–Trinajstić information content (AvgIpc) is 2.27. The van der Waals surface area contributed by atoms with Crippen LogP contribution in [0.4, 0.5) is 0 Å². The minimum absolute atomic E-state index is 0. The van der Waals surface area contributed by atoms with Gasteiger partial charge < -0.3 is 27.6 Å². The largest absolute Gasteiger partial charge is 1.00 e. The van der Waals surface area contributed by atoms with Gasteiger partial charge in [0.05, 0.1) is 0 Å². The van der Waals surface area contributed by atoms with Gasteiger partial charge in [0.15, 0.2) is 0 Å². The number of nitrogens with one attached hydrogen (secondary N) is 1. The number of β-amino-alcohol motifs (C(OH)–C–C–N with tert-alkyl or cyclic N) is 1. The zero-order valence-electron chi connectivity index (χ0n) is 12.5. The molecule has 1 unspecified atom stereocenters. The molecule has 0 aliphatic carbocycles. The number of hydrogen-bond acceptors (Lipinski definition) is 3. The van der Waals surface area contributed by atoms with Gasteiger partial charge in [-0.25, -0.2) is 0 Å². The third-order valence-corrected chi connectivity index (χ3v) is 2.79. The first-order valence-electron chi connectivity index (χ1n) is 6.41. The van der Waals surface area contributed by atoms with E-state index in [0.29, 0.717) is 13.2 Å². The lowest BCUT2D eigenvalue weighted by Gasteiger charge is -2.23. The zero-order chi connectivity index (χ0) is 13.8. The fourth-order valence-corrected chi connectivity index (χ4v) is 1.48. The Kier molecular flexibility index (Phi) is 7.42. The van der Waals surface area contributed by atoms with Crippen molar-refractivity contribution in [3.05, 3.63) is 29.3 Å². The predicted molar refractivity (Wildman–Crippen MR) is 75.2 cm³/mol. The van der Waals surface area contributed by atoms with Gasteiger partial charge in [0.2, 0.25) is 0 Å². The van der Waals surface area contributed by atoms with Crippen LogP contribution in [0.25, 0.3) is 0 Å². The quantitative estimate of drug-likeness (QED) is 0.762. The second kappa shape index (κ2) is 7.73. The van der Waals surface area contributed by atoms with E-state index in [-0.39, 0.29) is 17.9 Å². The third-order valence-electron chi connectivity index (χ3n) is 2.79. The van der Waals surface area contributed by atoms with Gasteiger partial charge in [0.1, 0.15) is 18.5 Å². The molecule has 0 bridgehead atoms. The number of hydrogen-bond donors (Lipinski definition) is 2. The normalized spacial score (nSPS) is 12.7. The number of rotatable bonds is 5. The molecule has 0 saturated carbocycles. The Morgan fingerprint density at radius 1 is 1.21 bits per heavy atom. The molecule has 0 spiro atoms. The maximum atomic E-state index is 9.81. The Labute approximate surface area is 122 Å². The van der Waals surface area contributed by atoms with E-state index >= 15 is 0 Å². The molecule has 1 aromatic carbocycles. The Balaban J connectivity index is 0.00000324. The summed E-state index contributed by atoms with van der Waals surface area (Å²) in [7, 11) is 0. The average molecular weight is 287 g/mol. The fourth-order valence-electron chi connectivity index (χ4n) is 1.48. The van der Waals surface area contributed by atoms with Crippen LogP contribution < -0.4 is 22.5 Å². The van der Waals surface area contributed by atoms with Gasteiger partial charge in [-0.2, -0.15) is 0 Å². The molecule has 0 aliphatic heterocycles. The van der Waals surface area contributed by atoms with E-state index in [1.807, 2.05) is 18.2 Å². The molecule has 0 aromatic heterocycles. The molecule has 0 heterocycles. The summed E-state index contributed by atoms with van der Waals surface area (Å²) >= 11 is 0. The van der Waals surface area contributed by atoms with Crippen LogP contribution in [0.5, 0.6) is 5.75 Å². The van der Waals surface area contributed by atoms with Crippen LogP contribution in [-0.2, 0) is 0 Å². The van der Waals surface area contributed by atoms with Crippen molar-refractivity contribution >= 4 is 0 Å². The first-order valence-corrected chi connectivity index (χ1v) is 6.41. The van der Waals surface area contributed by atoms with Gasteiger partial charge in [-0.05, 0) is 57.9 Å². The lowest BCUT2D eigenvalue weighted by atomic mass is 10.1. The van der Waals surface area contributed by atoms with Gasteiger partial charge in [-0.15, -0.1) is 0 Å². The smallest absolute Gasteiger partial charge is 0.119 e. The fraction of sp³-hybridized carbons (Fsp3) is 0.600. The van der Waals surface area contributed by atoms with Crippen molar-refractivity contribution in [1.29, 1.82) is 0 Å². The molecule has 0 aliphatic rings. The number of benzene rings is 1. The lowest BCUT2D eigenvalue weighted by molar-refractivity contribution is -0.00000615. The van der Waals surface area contributed by atoms with Crippen molar-refractivity contribution < 1.29 is 22.3 Å². The topological polar surface area (TPSA) is 41.5 Å².